The van der Waals surface area contributed by atoms with Gasteiger partial charge in [0.05, 0.1) is 6.20 Å². The molecule has 1 amide bonds. The highest BCUT2D eigenvalue weighted by atomic mass is 16.5. The lowest BCUT2D eigenvalue weighted by molar-refractivity contribution is -0.118. The monoisotopic (exact) mass is 413 g/mol. The van der Waals surface area contributed by atoms with Crippen molar-refractivity contribution in [1.82, 2.24) is 9.55 Å². The van der Waals surface area contributed by atoms with Gasteiger partial charge in [-0.3, -0.25) is 9.78 Å². The number of carbonyl (C=O) groups is 1. The van der Waals surface area contributed by atoms with Crippen LogP contribution in [-0.4, -0.2) is 22.0 Å². The molecule has 31 heavy (non-hydrogen) atoms. The predicted molar refractivity (Wildman–Crippen MR) is 125 cm³/mol. The summed E-state index contributed by atoms with van der Waals surface area (Å²) in [4.78, 5) is 18.9. The van der Waals surface area contributed by atoms with E-state index in [2.05, 4.69) is 46.9 Å². The lowest BCUT2D eigenvalue weighted by Gasteiger charge is -2.21. The molecule has 158 valence electrons. The van der Waals surface area contributed by atoms with Crippen molar-refractivity contribution in [2.45, 2.75) is 33.2 Å². The van der Waals surface area contributed by atoms with Gasteiger partial charge in [-0.25, -0.2) is 0 Å². The summed E-state index contributed by atoms with van der Waals surface area (Å²) < 4.78 is 8.04. The summed E-state index contributed by atoms with van der Waals surface area (Å²) in [7, 11) is 0. The normalized spacial score (nSPS) is 10.9. The van der Waals surface area contributed by atoms with Gasteiger partial charge in [-0.1, -0.05) is 18.2 Å². The number of rotatable bonds is 8. The Morgan fingerprint density at radius 3 is 2.52 bits per heavy atom. The molecular formula is C26H27N3O2. The van der Waals surface area contributed by atoms with Crippen LogP contribution in [0.25, 0.3) is 10.9 Å². The fourth-order valence-electron chi connectivity index (χ4n) is 3.90. The molecule has 0 spiro atoms. The van der Waals surface area contributed by atoms with Crippen LogP contribution in [0.3, 0.4) is 0 Å². The Kier molecular flexibility index (Phi) is 6.32. The maximum absolute atomic E-state index is 13.0. The van der Waals surface area contributed by atoms with Gasteiger partial charge >= 0.3 is 0 Å². The summed E-state index contributed by atoms with van der Waals surface area (Å²) in [5.74, 6) is 1.52. The van der Waals surface area contributed by atoms with E-state index in [9.17, 15) is 4.79 Å². The molecule has 0 aliphatic carbocycles. The third-order valence-corrected chi connectivity index (χ3v) is 5.46. The van der Waals surface area contributed by atoms with Crippen molar-refractivity contribution < 1.29 is 9.53 Å². The molecular weight excluding hydrogens is 386 g/mol. The Labute approximate surface area is 182 Å². The van der Waals surface area contributed by atoms with Crippen LogP contribution < -0.4 is 9.64 Å². The number of ether oxygens (including phenoxy) is 1. The Balaban J connectivity index is 1.44. The van der Waals surface area contributed by atoms with Crippen LogP contribution >= 0.6 is 0 Å². The van der Waals surface area contributed by atoms with Crippen LogP contribution in [0, 0.1) is 0 Å². The molecule has 4 rings (SSSR count). The van der Waals surface area contributed by atoms with Crippen LogP contribution in [0.15, 0.2) is 79.3 Å². The molecule has 2 heterocycles. The molecule has 5 nitrogen and oxygen atoms in total. The number of benzene rings is 2. The highest BCUT2D eigenvalue weighted by Crippen LogP contribution is 2.26. The first-order valence-electron chi connectivity index (χ1n) is 10.7. The van der Waals surface area contributed by atoms with Gasteiger partial charge in [0.15, 0.2) is 0 Å². The number of amides is 1. The molecule has 2 aromatic carbocycles. The standard InChI is InChI=1S/C26H27N3O2/c1-3-28-19-20(24-9-5-6-10-25(24)28)11-16-26(30)29(4-2)21-12-14-22(15-13-21)31-23-8-7-17-27-18-23/h5-10,12-15,17-19H,3-4,11,16H2,1-2H3. The van der Waals surface area contributed by atoms with Crippen LogP contribution in [0.5, 0.6) is 11.5 Å². The summed E-state index contributed by atoms with van der Waals surface area (Å²) in [5.41, 5.74) is 3.33. The minimum absolute atomic E-state index is 0.122. The Hall–Kier alpha value is -3.60. The van der Waals surface area contributed by atoms with Crippen molar-refractivity contribution in [1.29, 1.82) is 0 Å². The van der Waals surface area contributed by atoms with Crippen LogP contribution in [0.2, 0.25) is 0 Å². The van der Waals surface area contributed by atoms with Crippen molar-refractivity contribution in [2.75, 3.05) is 11.4 Å². The molecule has 0 saturated heterocycles. The second-order valence-corrected chi connectivity index (χ2v) is 7.38. The predicted octanol–water partition coefficient (Wildman–Crippen LogP) is 5.83. The van der Waals surface area contributed by atoms with Gasteiger partial charge in [-0.15, -0.1) is 0 Å². The van der Waals surface area contributed by atoms with E-state index in [1.165, 1.54) is 16.5 Å². The molecule has 4 aromatic rings. The molecule has 0 N–H and O–H groups in total. The van der Waals surface area contributed by atoms with E-state index in [1.807, 2.05) is 48.2 Å². The van der Waals surface area contributed by atoms with E-state index in [0.29, 0.717) is 24.5 Å². The van der Waals surface area contributed by atoms with Gasteiger partial charge in [0, 0.05) is 48.5 Å². The van der Waals surface area contributed by atoms with Crippen molar-refractivity contribution >= 4 is 22.5 Å². The first kappa shape index (κ1) is 20.7. The van der Waals surface area contributed by atoms with Gasteiger partial charge in [-0.05, 0) is 68.3 Å². The van der Waals surface area contributed by atoms with Gasteiger partial charge in [0.1, 0.15) is 11.5 Å². The third-order valence-electron chi connectivity index (χ3n) is 5.46. The number of carbonyl (C=O) groups excluding carboxylic acids is 1. The molecule has 0 saturated carbocycles. The number of hydrogen-bond donors (Lipinski definition) is 0. The maximum atomic E-state index is 13.0. The minimum Gasteiger partial charge on any atom is -0.456 e. The van der Waals surface area contributed by atoms with Crippen molar-refractivity contribution in [3.05, 3.63) is 84.8 Å². The Bertz CT molecular complexity index is 1150. The first-order chi connectivity index (χ1) is 15.2. The van der Waals surface area contributed by atoms with Gasteiger partial charge in [-0.2, -0.15) is 0 Å². The maximum Gasteiger partial charge on any atom is 0.227 e. The van der Waals surface area contributed by atoms with Gasteiger partial charge in [0.25, 0.3) is 0 Å². The van der Waals surface area contributed by atoms with Crippen molar-refractivity contribution in [2.24, 2.45) is 0 Å². The fraction of sp³-hybridized carbons (Fsp3) is 0.231. The third kappa shape index (κ3) is 4.61. The van der Waals surface area contributed by atoms with Crippen LogP contribution in [-0.2, 0) is 17.8 Å². The lowest BCUT2D eigenvalue weighted by atomic mass is 10.1. The Morgan fingerprint density at radius 2 is 1.81 bits per heavy atom. The van der Waals surface area contributed by atoms with E-state index in [1.54, 1.807) is 12.4 Å². The zero-order valence-electron chi connectivity index (χ0n) is 18.0. The number of anilines is 1. The molecule has 0 aliphatic rings. The highest BCUT2D eigenvalue weighted by molar-refractivity contribution is 5.94. The molecule has 0 aliphatic heterocycles. The number of aromatic nitrogens is 2. The average molecular weight is 414 g/mol. The number of aryl methyl sites for hydroxylation is 2. The summed E-state index contributed by atoms with van der Waals surface area (Å²) in [6.45, 7) is 5.68. The summed E-state index contributed by atoms with van der Waals surface area (Å²) in [6, 6.07) is 19.7. The highest BCUT2D eigenvalue weighted by Gasteiger charge is 2.16. The lowest BCUT2D eigenvalue weighted by Crippen LogP contribution is -2.30. The second-order valence-electron chi connectivity index (χ2n) is 7.38. The minimum atomic E-state index is 0.122. The number of pyridine rings is 1. The second kappa shape index (κ2) is 9.47. The Morgan fingerprint density at radius 1 is 1.00 bits per heavy atom. The molecule has 0 atom stereocenters. The van der Waals surface area contributed by atoms with Crippen LogP contribution in [0.4, 0.5) is 5.69 Å². The van der Waals surface area contributed by atoms with E-state index in [0.717, 1.165) is 18.7 Å². The summed E-state index contributed by atoms with van der Waals surface area (Å²) >= 11 is 0. The average Bonchev–Trinajstić information content (AvgIpc) is 3.18. The van der Waals surface area contributed by atoms with E-state index < -0.39 is 0 Å². The van der Waals surface area contributed by atoms with Gasteiger partial charge in [0.2, 0.25) is 5.91 Å². The van der Waals surface area contributed by atoms with E-state index >= 15 is 0 Å². The van der Waals surface area contributed by atoms with Crippen LogP contribution in [0.1, 0.15) is 25.8 Å². The summed E-state index contributed by atoms with van der Waals surface area (Å²) in [6.07, 6.45) is 6.76. The number of nitrogens with zero attached hydrogens (tertiary/aromatic N) is 3. The molecule has 0 radical (unpaired) electrons. The zero-order valence-corrected chi connectivity index (χ0v) is 18.0. The van der Waals surface area contributed by atoms with Crippen molar-refractivity contribution in [3.8, 4) is 11.5 Å². The zero-order chi connectivity index (χ0) is 21.6. The number of hydrogen-bond acceptors (Lipinski definition) is 3. The SMILES string of the molecule is CCN(C(=O)CCc1cn(CC)c2ccccc12)c1ccc(Oc2cccnc2)cc1. The molecule has 5 heteroatoms. The summed E-state index contributed by atoms with van der Waals surface area (Å²) in [5, 5.41) is 1.23. The van der Waals surface area contributed by atoms with Crippen molar-refractivity contribution in [3.63, 3.8) is 0 Å². The quantitative estimate of drug-likeness (QED) is 0.365. The first-order valence-corrected chi connectivity index (χ1v) is 10.7. The molecule has 2 aromatic heterocycles. The number of fused-ring (bicyclic) bond motifs is 1. The van der Waals surface area contributed by atoms with E-state index in [-0.39, 0.29) is 5.91 Å². The fourth-order valence-corrected chi connectivity index (χ4v) is 3.90. The largest absolute Gasteiger partial charge is 0.456 e. The smallest absolute Gasteiger partial charge is 0.227 e. The topological polar surface area (TPSA) is 47.4 Å². The van der Waals surface area contributed by atoms with Gasteiger partial charge < -0.3 is 14.2 Å². The molecule has 0 unspecified atom stereocenters. The molecule has 0 bridgehead atoms. The molecule has 0 fully saturated rings. The van der Waals surface area contributed by atoms with E-state index in [4.69, 9.17) is 4.74 Å². The number of para-hydroxylation sites is 1.